The number of nitrogens with one attached hydrogen (secondary N) is 2. The third kappa shape index (κ3) is 4.10. The number of carbonyl (C=O) groups is 1. The van der Waals surface area contributed by atoms with Crippen LogP contribution in [0.2, 0.25) is 10.0 Å². The molecule has 2 N–H and O–H groups in total. The minimum atomic E-state index is -0.181. The van der Waals surface area contributed by atoms with E-state index in [9.17, 15) is 4.79 Å². The van der Waals surface area contributed by atoms with Crippen molar-refractivity contribution in [1.29, 1.82) is 0 Å². The van der Waals surface area contributed by atoms with Gasteiger partial charge >= 0.3 is 0 Å². The van der Waals surface area contributed by atoms with Gasteiger partial charge in [0, 0.05) is 21.7 Å². The Labute approximate surface area is 186 Å². The fraction of sp³-hybridized carbons (Fsp3) is 0.304. The highest BCUT2D eigenvalue weighted by atomic mass is 35.5. The molecule has 1 aliphatic rings. The van der Waals surface area contributed by atoms with Crippen molar-refractivity contribution in [2.24, 2.45) is 0 Å². The third-order valence-electron chi connectivity index (χ3n) is 5.69. The second kappa shape index (κ2) is 8.80. The minimum absolute atomic E-state index is 0.181. The zero-order valence-corrected chi connectivity index (χ0v) is 18.5. The highest BCUT2D eigenvalue weighted by Crippen LogP contribution is 2.33. The number of piperidine rings is 1. The van der Waals surface area contributed by atoms with Crippen molar-refractivity contribution in [2.75, 3.05) is 18.4 Å². The van der Waals surface area contributed by atoms with E-state index < -0.39 is 0 Å². The van der Waals surface area contributed by atoms with Crippen molar-refractivity contribution in [3.8, 4) is 5.69 Å². The number of rotatable bonds is 4. The molecule has 0 unspecified atom stereocenters. The van der Waals surface area contributed by atoms with Crippen molar-refractivity contribution < 1.29 is 4.79 Å². The summed E-state index contributed by atoms with van der Waals surface area (Å²) in [6, 6.07) is 11.2. The van der Waals surface area contributed by atoms with Crippen molar-refractivity contribution >= 4 is 34.8 Å². The summed E-state index contributed by atoms with van der Waals surface area (Å²) in [6.45, 7) is 5.75. The van der Waals surface area contributed by atoms with Crippen molar-refractivity contribution in [3.05, 3.63) is 75.0 Å². The van der Waals surface area contributed by atoms with E-state index >= 15 is 0 Å². The normalized spacial score (nSPS) is 14.7. The quantitative estimate of drug-likeness (QED) is 0.559. The van der Waals surface area contributed by atoms with Crippen LogP contribution in [0.5, 0.6) is 0 Å². The van der Waals surface area contributed by atoms with Crippen LogP contribution >= 0.6 is 23.2 Å². The molecule has 4 rings (SSSR count). The van der Waals surface area contributed by atoms with Crippen LogP contribution in [0.4, 0.5) is 5.69 Å². The van der Waals surface area contributed by atoms with Crippen LogP contribution in [0.25, 0.3) is 5.69 Å². The molecule has 0 aliphatic carbocycles. The Morgan fingerprint density at radius 3 is 2.70 bits per heavy atom. The standard InChI is InChI=1S/C23H24Cl2N4O/c1-14-6-7-17(24)12-20(14)28-23(30)18-13-27-29(21-5-3-4-19(25)15(21)2)22(18)16-8-10-26-11-9-16/h3-7,12-13,16,26H,8-11H2,1-2H3,(H,28,30). The topological polar surface area (TPSA) is 59.0 Å². The molecular weight excluding hydrogens is 419 g/mol. The van der Waals surface area contributed by atoms with Crippen LogP contribution in [0.15, 0.2) is 42.6 Å². The first-order chi connectivity index (χ1) is 14.5. The summed E-state index contributed by atoms with van der Waals surface area (Å²) in [5, 5.41) is 12.3. The lowest BCUT2D eigenvalue weighted by molar-refractivity contribution is 0.102. The summed E-state index contributed by atoms with van der Waals surface area (Å²) in [7, 11) is 0. The number of aryl methyl sites for hydroxylation is 1. The maximum absolute atomic E-state index is 13.3. The molecular formula is C23H24Cl2N4O. The van der Waals surface area contributed by atoms with Gasteiger partial charge in [-0.15, -0.1) is 0 Å². The zero-order valence-electron chi connectivity index (χ0n) is 17.0. The van der Waals surface area contributed by atoms with Gasteiger partial charge in [0.1, 0.15) is 0 Å². The Kier molecular flexibility index (Phi) is 6.14. The Bertz CT molecular complexity index is 1090. The van der Waals surface area contributed by atoms with Crippen LogP contribution in [0.1, 0.15) is 45.9 Å². The highest BCUT2D eigenvalue weighted by Gasteiger charge is 2.28. The largest absolute Gasteiger partial charge is 0.322 e. The molecule has 0 radical (unpaired) electrons. The molecule has 7 heteroatoms. The number of anilines is 1. The van der Waals surface area contributed by atoms with Gasteiger partial charge in [0.05, 0.1) is 23.1 Å². The molecule has 0 bridgehead atoms. The van der Waals surface area contributed by atoms with E-state index in [0.717, 1.165) is 48.4 Å². The fourth-order valence-electron chi connectivity index (χ4n) is 3.96. The molecule has 0 spiro atoms. The van der Waals surface area contributed by atoms with Crippen LogP contribution in [0, 0.1) is 13.8 Å². The van der Waals surface area contributed by atoms with Crippen LogP contribution < -0.4 is 10.6 Å². The maximum Gasteiger partial charge on any atom is 0.259 e. The van der Waals surface area contributed by atoms with Crippen LogP contribution in [-0.4, -0.2) is 28.8 Å². The summed E-state index contributed by atoms with van der Waals surface area (Å²) in [6.07, 6.45) is 3.55. The fourth-order valence-corrected chi connectivity index (χ4v) is 4.30. The second-order valence-electron chi connectivity index (χ2n) is 7.68. The average molecular weight is 443 g/mol. The van der Waals surface area contributed by atoms with E-state index in [0.29, 0.717) is 21.3 Å². The highest BCUT2D eigenvalue weighted by molar-refractivity contribution is 6.31. The molecule has 156 valence electrons. The SMILES string of the molecule is Cc1ccc(Cl)cc1NC(=O)c1cnn(-c2cccc(Cl)c2C)c1C1CCNCC1. The zero-order chi connectivity index (χ0) is 21.3. The summed E-state index contributed by atoms with van der Waals surface area (Å²) in [5.41, 5.74) is 5.01. The number of amides is 1. The van der Waals surface area contributed by atoms with E-state index in [1.165, 1.54) is 0 Å². The predicted octanol–water partition coefficient (Wildman–Crippen LogP) is 5.52. The van der Waals surface area contributed by atoms with Crippen molar-refractivity contribution in [3.63, 3.8) is 0 Å². The third-order valence-corrected chi connectivity index (χ3v) is 6.34. The Morgan fingerprint density at radius 1 is 1.17 bits per heavy atom. The average Bonchev–Trinajstić information content (AvgIpc) is 3.18. The number of hydrogen-bond acceptors (Lipinski definition) is 3. The van der Waals surface area contributed by atoms with Crippen LogP contribution in [0.3, 0.4) is 0 Å². The first-order valence-corrected chi connectivity index (χ1v) is 10.8. The molecule has 1 fully saturated rings. The van der Waals surface area contributed by atoms with Gasteiger partial charge in [-0.05, 0) is 75.2 Å². The Hall–Kier alpha value is -2.34. The molecule has 1 aromatic heterocycles. The van der Waals surface area contributed by atoms with E-state index in [1.54, 1.807) is 12.3 Å². The number of benzene rings is 2. The van der Waals surface area contributed by atoms with E-state index in [2.05, 4.69) is 15.7 Å². The van der Waals surface area contributed by atoms with Crippen molar-refractivity contribution in [1.82, 2.24) is 15.1 Å². The van der Waals surface area contributed by atoms with E-state index in [-0.39, 0.29) is 11.8 Å². The number of nitrogens with zero attached hydrogens (tertiary/aromatic N) is 2. The number of hydrogen-bond donors (Lipinski definition) is 2. The molecule has 30 heavy (non-hydrogen) atoms. The van der Waals surface area contributed by atoms with Crippen molar-refractivity contribution in [2.45, 2.75) is 32.6 Å². The minimum Gasteiger partial charge on any atom is -0.322 e. The second-order valence-corrected chi connectivity index (χ2v) is 8.52. The van der Waals surface area contributed by atoms with Gasteiger partial charge < -0.3 is 10.6 Å². The molecule has 1 aliphatic heterocycles. The monoisotopic (exact) mass is 442 g/mol. The molecule has 2 aromatic carbocycles. The summed E-state index contributed by atoms with van der Waals surface area (Å²) >= 11 is 12.5. The smallest absolute Gasteiger partial charge is 0.259 e. The first-order valence-electron chi connectivity index (χ1n) is 10.1. The first kappa shape index (κ1) is 20.9. The van der Waals surface area contributed by atoms with Gasteiger partial charge in [-0.25, -0.2) is 4.68 Å². The lowest BCUT2D eigenvalue weighted by Gasteiger charge is -2.25. The van der Waals surface area contributed by atoms with Gasteiger partial charge in [-0.3, -0.25) is 4.79 Å². The lowest BCUT2D eigenvalue weighted by Crippen LogP contribution is -2.29. The summed E-state index contributed by atoms with van der Waals surface area (Å²) in [5.74, 6) is 0.0492. The molecule has 2 heterocycles. The predicted molar refractivity (Wildman–Crippen MR) is 122 cm³/mol. The van der Waals surface area contributed by atoms with Gasteiger partial charge in [0.2, 0.25) is 0 Å². The maximum atomic E-state index is 13.3. The van der Waals surface area contributed by atoms with E-state index in [1.807, 2.05) is 48.9 Å². The Balaban J connectivity index is 1.77. The lowest BCUT2D eigenvalue weighted by atomic mass is 9.91. The molecule has 5 nitrogen and oxygen atoms in total. The van der Waals surface area contributed by atoms with Crippen LogP contribution in [-0.2, 0) is 0 Å². The Morgan fingerprint density at radius 2 is 1.93 bits per heavy atom. The number of halogens is 2. The molecule has 3 aromatic rings. The number of carbonyl (C=O) groups excluding carboxylic acids is 1. The van der Waals surface area contributed by atoms with Gasteiger partial charge in [0.15, 0.2) is 0 Å². The van der Waals surface area contributed by atoms with Gasteiger partial charge in [0.25, 0.3) is 5.91 Å². The van der Waals surface area contributed by atoms with E-state index in [4.69, 9.17) is 23.2 Å². The molecule has 1 saturated heterocycles. The summed E-state index contributed by atoms with van der Waals surface area (Å²) < 4.78 is 1.89. The molecule has 0 saturated carbocycles. The van der Waals surface area contributed by atoms with Gasteiger partial charge in [-0.2, -0.15) is 5.10 Å². The molecule has 0 atom stereocenters. The van der Waals surface area contributed by atoms with Gasteiger partial charge in [-0.1, -0.05) is 35.3 Å². The number of aromatic nitrogens is 2. The molecule has 1 amide bonds. The summed E-state index contributed by atoms with van der Waals surface area (Å²) in [4.78, 5) is 13.3.